The molecule has 0 unspecified atom stereocenters. The molecule has 0 radical (unpaired) electrons. The predicted molar refractivity (Wildman–Crippen MR) is 158 cm³/mol. The number of allylic oxidation sites excluding steroid dienone is 1. The van der Waals surface area contributed by atoms with E-state index in [4.69, 9.17) is 11.6 Å². The molecule has 1 aliphatic carbocycles. The molecule has 7 nitrogen and oxygen atoms in total. The normalized spacial score (nSPS) is 18.0. The summed E-state index contributed by atoms with van der Waals surface area (Å²) in [6.07, 6.45) is 9.15. The van der Waals surface area contributed by atoms with Gasteiger partial charge in [-0.3, -0.25) is 19.9 Å². The topological polar surface area (TPSA) is 94.5 Å². The van der Waals surface area contributed by atoms with Gasteiger partial charge in [0.15, 0.2) is 0 Å². The van der Waals surface area contributed by atoms with Crippen LogP contribution in [0.3, 0.4) is 0 Å². The van der Waals surface area contributed by atoms with Gasteiger partial charge in [0.1, 0.15) is 5.16 Å². The molecule has 37 heavy (non-hydrogen) atoms. The lowest BCUT2D eigenvalue weighted by Gasteiger charge is -2.07. The number of fused-ring (bicyclic) bond motifs is 1. The van der Waals surface area contributed by atoms with Gasteiger partial charge in [-0.05, 0) is 76.3 Å². The molecule has 1 aliphatic heterocycles. The van der Waals surface area contributed by atoms with Gasteiger partial charge in [0, 0.05) is 46.8 Å². The number of nitrogens with zero attached hydrogens (tertiary/aromatic N) is 3. The number of para-hydroxylation sites is 1. The van der Waals surface area contributed by atoms with Crippen molar-refractivity contribution in [1.29, 1.82) is 0 Å². The molecule has 0 saturated heterocycles. The Morgan fingerprint density at radius 1 is 1.03 bits per heavy atom. The van der Waals surface area contributed by atoms with Gasteiger partial charge in [0.2, 0.25) is 5.91 Å². The van der Waals surface area contributed by atoms with Crippen LogP contribution in [0.1, 0.15) is 46.0 Å². The number of rotatable bonds is 2. The minimum atomic E-state index is 0.145. The number of benzene rings is 2. The number of H-pyrrole nitrogens is 1. The average molecular weight is 539 g/mol. The number of hydrogen-bond acceptors (Lipinski definition) is 6. The molecule has 9 heteroatoms. The Bertz CT molecular complexity index is 1200. The van der Waals surface area contributed by atoms with Gasteiger partial charge in [-0.25, -0.2) is 0 Å². The Labute approximate surface area is 229 Å². The number of amidine groups is 1. The largest absolute Gasteiger partial charge is 0.335 e. The van der Waals surface area contributed by atoms with Crippen molar-refractivity contribution in [3.05, 3.63) is 65.5 Å². The summed E-state index contributed by atoms with van der Waals surface area (Å²) in [7, 11) is 0. The van der Waals surface area contributed by atoms with Crippen LogP contribution in [0.15, 0.2) is 80.3 Å². The van der Waals surface area contributed by atoms with E-state index in [0.717, 1.165) is 71.7 Å². The number of aromatic nitrogens is 2. The lowest BCUT2D eigenvalue weighted by atomic mass is 10.2. The van der Waals surface area contributed by atoms with E-state index in [1.54, 1.807) is 0 Å². The number of carbonyl (C=O) groups excluding carboxylic acids is 1. The molecule has 1 aromatic heterocycles. The third-order valence-electron chi connectivity index (χ3n) is 5.65. The summed E-state index contributed by atoms with van der Waals surface area (Å²) in [4.78, 5) is 20.9. The summed E-state index contributed by atoms with van der Waals surface area (Å²) in [6.45, 7) is 5.62. The Kier molecular flexibility index (Phi) is 11.7. The predicted octanol–water partition coefficient (Wildman–Crippen LogP) is 6.61. The molecule has 1 fully saturated rings. The Morgan fingerprint density at radius 3 is 2.49 bits per heavy atom. The van der Waals surface area contributed by atoms with E-state index in [1.165, 1.54) is 6.42 Å². The summed E-state index contributed by atoms with van der Waals surface area (Å²) in [5.74, 6) is 1.27. The zero-order valence-electron chi connectivity index (χ0n) is 21.4. The summed E-state index contributed by atoms with van der Waals surface area (Å²) in [6, 6.07) is 15.5. The average Bonchev–Trinajstić information content (AvgIpc) is 3.64. The fourth-order valence-electron chi connectivity index (χ4n) is 3.31. The number of hydrogen-bond donors (Lipinski definition) is 4. The standard InChI is InChI=1S/C11H18ClN3.C10H11NOS.C7H6N2/c1-9-8-13-6-4-3-5-7-14-10(2)15-11(9)12;12-10(7-1-2-7)11-8-3-5-9(13)6-4-8;1-2-4-7-6(3-1)5-8-9-7/h8H,3-7H2,1-2H3,(H,14,15);3-7,13H,1-2H2,(H,11,12);1-5H,(H,8,9)/b11-9-,13-8?;;. The van der Waals surface area contributed by atoms with Gasteiger partial charge in [0.05, 0.1) is 17.5 Å². The van der Waals surface area contributed by atoms with E-state index in [1.807, 2.05) is 74.8 Å². The highest BCUT2D eigenvalue weighted by Gasteiger charge is 2.29. The van der Waals surface area contributed by atoms with Crippen LogP contribution >= 0.6 is 24.2 Å². The fourth-order valence-corrected chi connectivity index (χ4v) is 3.65. The zero-order valence-corrected chi connectivity index (χ0v) is 23.0. The molecular formula is C28H35ClN6OS. The van der Waals surface area contributed by atoms with Crippen molar-refractivity contribution in [1.82, 2.24) is 15.5 Å². The van der Waals surface area contributed by atoms with Crippen LogP contribution in [0.25, 0.3) is 10.9 Å². The molecule has 3 aromatic rings. The second kappa shape index (κ2) is 15.2. The number of nitrogens with one attached hydrogen (secondary N) is 3. The Hall–Kier alpha value is -3.10. The summed E-state index contributed by atoms with van der Waals surface area (Å²) < 4.78 is 0. The smallest absolute Gasteiger partial charge is 0.227 e. The first-order valence-corrected chi connectivity index (χ1v) is 13.4. The fraction of sp³-hybridized carbons (Fsp3) is 0.357. The molecule has 2 aliphatic rings. The number of halogens is 1. The number of carbonyl (C=O) groups is 1. The molecule has 0 bridgehead atoms. The maximum absolute atomic E-state index is 11.3. The zero-order chi connectivity index (χ0) is 26.5. The number of aliphatic imine (C=N–C) groups is 2. The van der Waals surface area contributed by atoms with Crippen LogP contribution in [0.5, 0.6) is 0 Å². The lowest BCUT2D eigenvalue weighted by molar-refractivity contribution is -0.117. The highest BCUT2D eigenvalue weighted by molar-refractivity contribution is 7.80. The van der Waals surface area contributed by atoms with E-state index >= 15 is 0 Å². The first-order valence-electron chi connectivity index (χ1n) is 12.5. The van der Waals surface area contributed by atoms with E-state index in [9.17, 15) is 4.79 Å². The number of thiol groups is 1. The van der Waals surface area contributed by atoms with Crippen molar-refractivity contribution in [3.63, 3.8) is 0 Å². The quantitative estimate of drug-likeness (QED) is 0.218. The minimum absolute atomic E-state index is 0.145. The molecule has 5 rings (SSSR count). The van der Waals surface area contributed by atoms with E-state index in [0.29, 0.717) is 5.16 Å². The summed E-state index contributed by atoms with van der Waals surface area (Å²) in [5, 5.41) is 14.4. The van der Waals surface area contributed by atoms with Gasteiger partial charge in [-0.15, -0.1) is 12.6 Å². The van der Waals surface area contributed by atoms with Gasteiger partial charge in [0.25, 0.3) is 0 Å². The second-order valence-electron chi connectivity index (χ2n) is 8.95. The monoisotopic (exact) mass is 538 g/mol. The third kappa shape index (κ3) is 10.8. The molecule has 1 saturated carbocycles. The first-order chi connectivity index (χ1) is 17.9. The highest BCUT2D eigenvalue weighted by atomic mass is 35.5. The molecule has 2 aromatic carbocycles. The van der Waals surface area contributed by atoms with E-state index in [2.05, 4.69) is 43.4 Å². The third-order valence-corrected chi connectivity index (χ3v) is 6.34. The highest BCUT2D eigenvalue weighted by Crippen LogP contribution is 2.30. The van der Waals surface area contributed by atoms with Crippen molar-refractivity contribution in [3.8, 4) is 0 Å². The van der Waals surface area contributed by atoms with Crippen LogP contribution < -0.4 is 10.6 Å². The van der Waals surface area contributed by atoms with E-state index in [-0.39, 0.29) is 11.8 Å². The lowest BCUT2D eigenvalue weighted by Crippen LogP contribution is -2.18. The minimum Gasteiger partial charge on any atom is -0.335 e. The first kappa shape index (κ1) is 28.5. The maximum Gasteiger partial charge on any atom is 0.227 e. The molecular weight excluding hydrogens is 504 g/mol. The molecule has 0 atom stereocenters. The van der Waals surface area contributed by atoms with Crippen molar-refractivity contribution in [2.24, 2.45) is 15.9 Å². The van der Waals surface area contributed by atoms with Crippen molar-refractivity contribution < 1.29 is 4.79 Å². The van der Waals surface area contributed by atoms with Crippen LogP contribution in [0.4, 0.5) is 5.69 Å². The Balaban J connectivity index is 0.000000158. The van der Waals surface area contributed by atoms with Crippen LogP contribution in [-0.2, 0) is 4.79 Å². The van der Waals surface area contributed by atoms with Crippen LogP contribution in [-0.4, -0.2) is 41.2 Å². The van der Waals surface area contributed by atoms with Gasteiger partial charge < -0.3 is 10.6 Å². The van der Waals surface area contributed by atoms with Crippen LogP contribution in [0, 0.1) is 5.92 Å². The summed E-state index contributed by atoms with van der Waals surface area (Å²) >= 11 is 10.2. The maximum atomic E-state index is 11.3. The number of aromatic amines is 1. The van der Waals surface area contributed by atoms with Gasteiger partial charge in [-0.2, -0.15) is 5.10 Å². The molecule has 0 spiro atoms. The van der Waals surface area contributed by atoms with Crippen molar-refractivity contribution in [2.75, 3.05) is 18.4 Å². The van der Waals surface area contributed by atoms with Crippen molar-refractivity contribution >= 4 is 58.8 Å². The SMILES string of the molecule is CC1=NCCCCCN=C/C(C)=C(/Cl)N1.O=C(Nc1ccc(S)cc1)C1CC1.c1ccc2[nH]ncc2c1. The van der Waals surface area contributed by atoms with Gasteiger partial charge in [-0.1, -0.05) is 29.8 Å². The van der Waals surface area contributed by atoms with E-state index < -0.39 is 0 Å². The number of anilines is 1. The van der Waals surface area contributed by atoms with Gasteiger partial charge >= 0.3 is 0 Å². The molecule has 2 heterocycles. The molecule has 1 amide bonds. The number of amides is 1. The summed E-state index contributed by atoms with van der Waals surface area (Å²) in [5.41, 5.74) is 2.90. The van der Waals surface area contributed by atoms with Crippen LogP contribution in [0.2, 0.25) is 0 Å². The second-order valence-corrected chi connectivity index (χ2v) is 9.85. The van der Waals surface area contributed by atoms with Crippen molar-refractivity contribution in [2.45, 2.75) is 50.8 Å². The molecule has 196 valence electrons. The Morgan fingerprint density at radius 2 is 1.76 bits per heavy atom. The molecule has 3 N–H and O–H groups in total.